The van der Waals surface area contributed by atoms with Gasteiger partial charge in [-0.25, -0.2) is 4.98 Å². The summed E-state index contributed by atoms with van der Waals surface area (Å²) in [4.78, 5) is 37.7. The molecule has 9 nitrogen and oxygen atoms in total. The number of hydrogen-bond donors (Lipinski definition) is 2. The van der Waals surface area contributed by atoms with Crippen LogP contribution in [0.4, 0.5) is 5.69 Å². The number of hydrogen-bond acceptors (Lipinski definition) is 7. The van der Waals surface area contributed by atoms with Crippen LogP contribution in [0.25, 0.3) is 10.9 Å². The number of carbonyl (C=O) groups excluding carboxylic acids is 2. The fraction of sp³-hybridized carbons (Fsp3) is 0.448. The van der Waals surface area contributed by atoms with Crippen molar-refractivity contribution in [2.75, 3.05) is 12.3 Å². The third-order valence-electron chi connectivity index (χ3n) is 7.27. The molecule has 0 aliphatic carbocycles. The number of halogens is 5. The topological polar surface area (TPSA) is 133 Å². The SMILES string of the molecule is C.CCC1(C)CNC(=O)C1.CCC1(C)Cc2nc3cc(Br)ccc3c(=O)n2C1.Nc1cc(Br)ccc1OC=O.O=P(Cl)(Cl)Cl. The molecule has 244 valence electrons. The molecule has 1 amide bonds. The van der Waals surface area contributed by atoms with E-state index >= 15 is 0 Å². The Hall–Kier alpha value is -1.62. The highest BCUT2D eigenvalue weighted by molar-refractivity contribution is 9.10. The number of nitrogens with two attached hydrogens (primary N) is 1. The molecular formula is C29H38Br2Cl3N4O5P. The van der Waals surface area contributed by atoms with Gasteiger partial charge in [-0.2, -0.15) is 0 Å². The zero-order valence-corrected chi connectivity index (χ0v) is 30.5. The van der Waals surface area contributed by atoms with Gasteiger partial charge in [0, 0.05) is 34.9 Å². The van der Waals surface area contributed by atoms with Crippen LogP contribution in [0, 0.1) is 10.8 Å². The second kappa shape index (κ2) is 17.3. The van der Waals surface area contributed by atoms with Gasteiger partial charge in [0.05, 0.1) is 16.6 Å². The smallest absolute Gasteiger partial charge is 0.339 e. The molecule has 2 atom stereocenters. The van der Waals surface area contributed by atoms with Gasteiger partial charge in [0.1, 0.15) is 5.82 Å². The summed E-state index contributed by atoms with van der Waals surface area (Å²) < 4.78 is 17.7. The minimum Gasteiger partial charge on any atom is -0.427 e. The second-order valence-corrected chi connectivity index (χ2v) is 19.3. The quantitative estimate of drug-likeness (QED) is 0.153. The summed E-state index contributed by atoms with van der Waals surface area (Å²) in [5.41, 5.74) is 7.24. The molecule has 2 aliphatic rings. The number of fused-ring (bicyclic) bond motifs is 2. The minimum atomic E-state index is -3.22. The number of carbonyl (C=O) groups is 2. The number of aromatic nitrogens is 2. The van der Waals surface area contributed by atoms with Crippen LogP contribution in [0.2, 0.25) is 0 Å². The van der Waals surface area contributed by atoms with Crippen molar-refractivity contribution >= 4 is 99.8 Å². The van der Waals surface area contributed by atoms with Crippen LogP contribution in [0.15, 0.2) is 50.1 Å². The van der Waals surface area contributed by atoms with Crippen LogP contribution in [0.1, 0.15) is 60.2 Å². The summed E-state index contributed by atoms with van der Waals surface area (Å²) in [7, 11) is 0. The second-order valence-electron chi connectivity index (χ2n) is 10.8. The molecule has 1 saturated heterocycles. The highest BCUT2D eigenvalue weighted by atomic mass is 79.9. The monoisotopic (exact) mass is 816 g/mol. The van der Waals surface area contributed by atoms with E-state index in [1.165, 1.54) is 0 Å². The van der Waals surface area contributed by atoms with E-state index in [0.717, 1.165) is 52.6 Å². The molecule has 0 spiro atoms. The molecule has 3 aromatic rings. The van der Waals surface area contributed by atoms with Gasteiger partial charge in [-0.05, 0) is 93.8 Å². The zero-order chi connectivity index (χ0) is 32.6. The number of ether oxygens (including phenoxy) is 1. The summed E-state index contributed by atoms with van der Waals surface area (Å²) >= 11 is 20.5. The van der Waals surface area contributed by atoms with Gasteiger partial charge >= 0.3 is 5.20 Å². The molecule has 0 bridgehead atoms. The third kappa shape index (κ3) is 12.6. The predicted molar refractivity (Wildman–Crippen MR) is 189 cm³/mol. The predicted octanol–water partition coefficient (Wildman–Crippen LogP) is 9.07. The average molecular weight is 820 g/mol. The van der Waals surface area contributed by atoms with Crippen molar-refractivity contribution in [2.45, 2.75) is 67.3 Å². The van der Waals surface area contributed by atoms with Gasteiger partial charge in [0.25, 0.3) is 12.0 Å². The third-order valence-corrected chi connectivity index (χ3v) is 8.26. The van der Waals surface area contributed by atoms with Crippen LogP contribution in [0.3, 0.4) is 0 Å². The van der Waals surface area contributed by atoms with Crippen molar-refractivity contribution in [3.05, 3.63) is 61.5 Å². The molecule has 1 aromatic heterocycles. The van der Waals surface area contributed by atoms with Crippen LogP contribution >= 0.6 is 70.8 Å². The number of benzene rings is 2. The first-order chi connectivity index (χ1) is 19.9. The maximum atomic E-state index is 12.4. The fourth-order valence-electron chi connectivity index (χ4n) is 4.35. The molecule has 0 saturated carbocycles. The van der Waals surface area contributed by atoms with E-state index in [0.29, 0.717) is 29.7 Å². The van der Waals surface area contributed by atoms with Crippen LogP contribution in [-0.4, -0.2) is 28.5 Å². The fourth-order valence-corrected chi connectivity index (χ4v) is 5.08. The van der Waals surface area contributed by atoms with Crippen molar-refractivity contribution in [3.63, 3.8) is 0 Å². The molecule has 3 N–H and O–H groups in total. The number of amides is 1. The highest BCUT2D eigenvalue weighted by Gasteiger charge is 2.33. The lowest BCUT2D eigenvalue weighted by Crippen LogP contribution is -2.23. The Kier molecular flexibility index (Phi) is 15.9. The molecule has 1 fully saturated rings. The van der Waals surface area contributed by atoms with E-state index in [-0.39, 0.29) is 29.7 Å². The minimum absolute atomic E-state index is 0. The first-order valence-corrected chi connectivity index (χ1v) is 19.2. The van der Waals surface area contributed by atoms with Gasteiger partial charge < -0.3 is 15.8 Å². The van der Waals surface area contributed by atoms with E-state index in [2.05, 4.69) is 108 Å². The number of rotatable bonds is 4. The first-order valence-electron chi connectivity index (χ1n) is 13.2. The standard InChI is InChI=1S/C14H15BrN2O.C7H6BrNO2.C7H13NO.CH4.Cl3OP/c1-3-14(2)7-12-16-11-6-9(15)4-5-10(11)13(18)17(12)8-14;8-5-1-2-7(11-4-10)6(9)3-5;1-3-7(2)4-6(9)8-5-7;;1-5(2,3)4/h4-6H,3,7-8H2,1-2H3;1-4H,9H2;3-5H2,1-2H3,(H,8,9);1H4;. The van der Waals surface area contributed by atoms with Crippen molar-refractivity contribution in [2.24, 2.45) is 10.8 Å². The van der Waals surface area contributed by atoms with Crippen LogP contribution < -0.4 is 21.3 Å². The summed E-state index contributed by atoms with van der Waals surface area (Å²) in [5.74, 6) is 1.51. The van der Waals surface area contributed by atoms with Crippen molar-refractivity contribution in [1.29, 1.82) is 0 Å². The number of nitrogens with one attached hydrogen (secondary N) is 1. The van der Waals surface area contributed by atoms with Gasteiger partial charge in [0.2, 0.25) is 5.91 Å². The van der Waals surface area contributed by atoms with Gasteiger partial charge in [-0.1, -0.05) is 67.0 Å². The Labute approximate surface area is 289 Å². The Morgan fingerprint density at radius 1 is 1.05 bits per heavy atom. The van der Waals surface area contributed by atoms with Crippen molar-refractivity contribution < 1.29 is 18.9 Å². The number of anilines is 1. The van der Waals surface area contributed by atoms with E-state index in [1.54, 1.807) is 18.2 Å². The lowest BCUT2D eigenvalue weighted by Gasteiger charge is -2.18. The summed E-state index contributed by atoms with van der Waals surface area (Å²) in [6, 6.07) is 10.7. The molecule has 2 aromatic carbocycles. The maximum Gasteiger partial charge on any atom is 0.339 e. The summed E-state index contributed by atoms with van der Waals surface area (Å²) in [6.07, 6.45) is 3.76. The summed E-state index contributed by atoms with van der Waals surface area (Å²) in [6.45, 7) is 10.7. The van der Waals surface area contributed by atoms with E-state index in [1.807, 2.05) is 22.8 Å². The molecule has 15 heteroatoms. The Bertz CT molecular complexity index is 1560. The molecule has 3 heterocycles. The lowest BCUT2D eigenvalue weighted by atomic mass is 9.86. The van der Waals surface area contributed by atoms with Gasteiger partial charge in [-0.15, -0.1) is 0 Å². The molecular weight excluding hydrogens is 781 g/mol. The number of nitrogen functional groups attached to an aromatic ring is 1. The Morgan fingerprint density at radius 3 is 2.09 bits per heavy atom. The van der Waals surface area contributed by atoms with E-state index < -0.39 is 5.20 Å². The zero-order valence-electron chi connectivity index (χ0n) is 24.1. The molecule has 0 radical (unpaired) electrons. The highest BCUT2D eigenvalue weighted by Crippen LogP contribution is 2.61. The van der Waals surface area contributed by atoms with Crippen LogP contribution in [0.5, 0.6) is 5.75 Å². The molecule has 44 heavy (non-hydrogen) atoms. The van der Waals surface area contributed by atoms with Gasteiger partial charge in [-0.3, -0.25) is 23.5 Å². The van der Waals surface area contributed by atoms with Crippen molar-refractivity contribution in [1.82, 2.24) is 14.9 Å². The first kappa shape index (κ1) is 40.4. The number of nitrogens with zero attached hydrogens (tertiary/aromatic N) is 2. The molecule has 5 rings (SSSR count). The van der Waals surface area contributed by atoms with E-state index in [4.69, 9.17) is 5.73 Å². The van der Waals surface area contributed by atoms with Gasteiger partial charge in [0.15, 0.2) is 5.75 Å². The average Bonchev–Trinajstić information content (AvgIpc) is 3.44. The molecule has 2 unspecified atom stereocenters. The maximum absolute atomic E-state index is 12.4. The lowest BCUT2D eigenvalue weighted by molar-refractivity contribution is -0.121. The van der Waals surface area contributed by atoms with E-state index in [9.17, 15) is 18.9 Å². The molecule has 2 aliphatic heterocycles. The van der Waals surface area contributed by atoms with Crippen molar-refractivity contribution in [3.8, 4) is 5.75 Å². The summed E-state index contributed by atoms with van der Waals surface area (Å²) in [5, 5.41) is 0.310. The normalized spacial score (nSPS) is 19.9. The Morgan fingerprint density at radius 2 is 1.61 bits per heavy atom. The largest absolute Gasteiger partial charge is 0.427 e. The Balaban J connectivity index is 0.000000322. The van der Waals surface area contributed by atoms with Crippen LogP contribution in [-0.2, 0) is 27.1 Å².